The number of allylic oxidation sites excluding steroid dienone is 1. The normalized spacial score (nSPS) is 28.3. The SMILES string of the molecule is C=C1C(=O)C[C@@H]2c3ccc(OC)cc3CC[C@@]12C(F)(F)F. The van der Waals surface area contributed by atoms with Gasteiger partial charge in [-0.1, -0.05) is 12.6 Å². The van der Waals surface area contributed by atoms with Gasteiger partial charge in [0.25, 0.3) is 0 Å². The molecule has 0 spiro atoms. The highest BCUT2D eigenvalue weighted by Gasteiger charge is 2.66. The molecule has 2 nitrogen and oxygen atoms in total. The Labute approximate surface area is 120 Å². The van der Waals surface area contributed by atoms with Gasteiger partial charge in [0.2, 0.25) is 0 Å². The van der Waals surface area contributed by atoms with Gasteiger partial charge in [-0.25, -0.2) is 0 Å². The fourth-order valence-corrected chi connectivity index (χ4v) is 3.75. The van der Waals surface area contributed by atoms with Gasteiger partial charge in [0.1, 0.15) is 11.2 Å². The second-order valence-electron chi connectivity index (χ2n) is 5.69. The van der Waals surface area contributed by atoms with E-state index in [1.165, 1.54) is 7.11 Å². The predicted molar refractivity (Wildman–Crippen MR) is 71.3 cm³/mol. The summed E-state index contributed by atoms with van der Waals surface area (Å²) in [7, 11) is 1.52. The zero-order chi connectivity index (χ0) is 15.4. The summed E-state index contributed by atoms with van der Waals surface area (Å²) < 4.78 is 46.3. The summed E-state index contributed by atoms with van der Waals surface area (Å²) in [6.07, 6.45) is -4.42. The van der Waals surface area contributed by atoms with Crippen molar-refractivity contribution in [3.05, 3.63) is 41.5 Å². The average molecular weight is 296 g/mol. The molecule has 1 saturated carbocycles. The van der Waals surface area contributed by atoms with E-state index >= 15 is 0 Å². The molecule has 0 aliphatic heterocycles. The van der Waals surface area contributed by atoms with Crippen LogP contribution >= 0.6 is 0 Å². The Bertz CT molecular complexity index is 633. The summed E-state index contributed by atoms with van der Waals surface area (Å²) in [5.41, 5.74) is -0.930. The van der Waals surface area contributed by atoms with Gasteiger partial charge in [0.15, 0.2) is 5.78 Å². The van der Waals surface area contributed by atoms with Gasteiger partial charge >= 0.3 is 6.18 Å². The third-order valence-corrected chi connectivity index (χ3v) is 4.88. The fourth-order valence-electron chi connectivity index (χ4n) is 3.75. The molecule has 0 bridgehead atoms. The third kappa shape index (κ3) is 1.76. The predicted octanol–water partition coefficient (Wildman–Crippen LogP) is 3.80. The molecule has 2 aliphatic rings. The number of alkyl halides is 3. The van der Waals surface area contributed by atoms with Crippen molar-refractivity contribution in [3.8, 4) is 5.75 Å². The molecule has 3 rings (SSSR count). The first kappa shape index (κ1) is 14.2. The summed E-state index contributed by atoms with van der Waals surface area (Å²) in [6.45, 7) is 3.47. The van der Waals surface area contributed by atoms with E-state index in [0.29, 0.717) is 11.3 Å². The maximum Gasteiger partial charge on any atom is 0.399 e. The molecule has 0 saturated heterocycles. The van der Waals surface area contributed by atoms with E-state index in [0.717, 1.165) is 5.56 Å². The van der Waals surface area contributed by atoms with Crippen molar-refractivity contribution in [2.24, 2.45) is 5.41 Å². The van der Waals surface area contributed by atoms with Crippen LogP contribution in [-0.2, 0) is 11.2 Å². The summed E-state index contributed by atoms with van der Waals surface area (Å²) in [4.78, 5) is 11.9. The van der Waals surface area contributed by atoms with E-state index in [2.05, 4.69) is 6.58 Å². The second-order valence-corrected chi connectivity index (χ2v) is 5.69. The summed E-state index contributed by atoms with van der Waals surface area (Å²) in [5, 5.41) is 0. The van der Waals surface area contributed by atoms with Crippen molar-refractivity contribution in [3.63, 3.8) is 0 Å². The molecule has 1 fully saturated rings. The lowest BCUT2D eigenvalue weighted by Gasteiger charge is -2.42. The summed E-state index contributed by atoms with van der Waals surface area (Å²) >= 11 is 0. The standard InChI is InChI=1S/C16H15F3O2/c1-9-14(20)8-13-12-4-3-11(21-2)7-10(12)5-6-15(9,13)16(17,18)19/h3-4,7,13H,1,5-6,8H2,2H3/t13-,15-/m1/s1. The van der Waals surface area contributed by atoms with Gasteiger partial charge in [0, 0.05) is 17.9 Å². The molecule has 5 heteroatoms. The highest BCUT2D eigenvalue weighted by molar-refractivity contribution is 6.00. The Balaban J connectivity index is 2.17. The number of Topliss-reactive ketones (excluding diaryl/α,β-unsaturated/α-hetero) is 1. The fraction of sp³-hybridized carbons (Fsp3) is 0.438. The third-order valence-electron chi connectivity index (χ3n) is 4.88. The first-order valence-corrected chi connectivity index (χ1v) is 6.77. The van der Waals surface area contributed by atoms with Crippen LogP contribution in [0.4, 0.5) is 13.2 Å². The Kier molecular flexibility index (Phi) is 2.94. The van der Waals surface area contributed by atoms with E-state index < -0.39 is 23.3 Å². The number of carbonyl (C=O) groups excluding carboxylic acids is 1. The van der Waals surface area contributed by atoms with Gasteiger partial charge in [-0.15, -0.1) is 0 Å². The van der Waals surface area contributed by atoms with Crippen LogP contribution in [0.25, 0.3) is 0 Å². The lowest BCUT2D eigenvalue weighted by Crippen LogP contribution is -2.44. The van der Waals surface area contributed by atoms with Crippen LogP contribution in [0.1, 0.15) is 29.9 Å². The number of fused-ring (bicyclic) bond motifs is 3. The average Bonchev–Trinajstić information content (AvgIpc) is 2.71. The number of hydrogen-bond donors (Lipinski definition) is 0. The van der Waals surface area contributed by atoms with Crippen LogP contribution in [0.5, 0.6) is 5.75 Å². The topological polar surface area (TPSA) is 26.3 Å². The Morgan fingerprint density at radius 1 is 1.38 bits per heavy atom. The van der Waals surface area contributed by atoms with E-state index in [-0.39, 0.29) is 24.8 Å². The molecular formula is C16H15F3O2. The summed E-state index contributed by atoms with van der Waals surface area (Å²) in [6, 6.07) is 5.07. The number of rotatable bonds is 1. The van der Waals surface area contributed by atoms with Gasteiger partial charge in [0.05, 0.1) is 7.11 Å². The van der Waals surface area contributed by atoms with E-state index in [9.17, 15) is 18.0 Å². The van der Waals surface area contributed by atoms with Crippen LogP contribution in [0.15, 0.2) is 30.4 Å². The van der Waals surface area contributed by atoms with Crippen LogP contribution in [-0.4, -0.2) is 19.1 Å². The molecule has 1 aromatic rings. The maximum absolute atomic E-state index is 13.7. The highest BCUT2D eigenvalue weighted by atomic mass is 19.4. The molecule has 2 atom stereocenters. The zero-order valence-electron chi connectivity index (χ0n) is 11.6. The molecule has 0 amide bonds. The number of benzene rings is 1. The largest absolute Gasteiger partial charge is 0.497 e. The first-order chi connectivity index (χ1) is 9.81. The van der Waals surface area contributed by atoms with Gasteiger partial charge in [-0.3, -0.25) is 4.79 Å². The minimum Gasteiger partial charge on any atom is -0.497 e. The minimum absolute atomic E-state index is 0.113. The number of hydrogen-bond acceptors (Lipinski definition) is 2. The zero-order valence-corrected chi connectivity index (χ0v) is 11.6. The van der Waals surface area contributed by atoms with E-state index in [1.807, 2.05) is 0 Å². The monoisotopic (exact) mass is 296 g/mol. The van der Waals surface area contributed by atoms with Gasteiger partial charge < -0.3 is 4.74 Å². The highest BCUT2D eigenvalue weighted by Crippen LogP contribution is 2.64. The van der Waals surface area contributed by atoms with Crippen LogP contribution < -0.4 is 4.74 Å². The van der Waals surface area contributed by atoms with Crippen LogP contribution in [0.3, 0.4) is 0 Å². The molecule has 112 valence electrons. The minimum atomic E-state index is -4.46. The number of methoxy groups -OCH3 is 1. The number of carbonyl (C=O) groups is 1. The van der Waals surface area contributed by atoms with Crippen LogP contribution in [0.2, 0.25) is 0 Å². The number of ketones is 1. The lowest BCUT2D eigenvalue weighted by atomic mass is 9.64. The van der Waals surface area contributed by atoms with E-state index in [4.69, 9.17) is 4.74 Å². The molecular weight excluding hydrogens is 281 g/mol. The molecule has 0 N–H and O–H groups in total. The van der Waals surface area contributed by atoms with Gasteiger partial charge in [-0.05, 0) is 36.1 Å². The number of ether oxygens (including phenoxy) is 1. The molecule has 2 aliphatic carbocycles. The van der Waals surface area contributed by atoms with Crippen molar-refractivity contribution >= 4 is 5.78 Å². The van der Waals surface area contributed by atoms with Crippen molar-refractivity contribution in [1.29, 1.82) is 0 Å². The van der Waals surface area contributed by atoms with Crippen LogP contribution in [0, 0.1) is 5.41 Å². The molecule has 0 aromatic heterocycles. The van der Waals surface area contributed by atoms with Crippen molar-refractivity contribution in [2.45, 2.75) is 31.4 Å². The van der Waals surface area contributed by atoms with Crippen molar-refractivity contribution in [1.82, 2.24) is 0 Å². The number of aryl methyl sites for hydroxylation is 1. The van der Waals surface area contributed by atoms with Crippen molar-refractivity contribution < 1.29 is 22.7 Å². The molecule has 21 heavy (non-hydrogen) atoms. The van der Waals surface area contributed by atoms with Gasteiger partial charge in [-0.2, -0.15) is 13.2 Å². The van der Waals surface area contributed by atoms with Crippen molar-refractivity contribution in [2.75, 3.05) is 7.11 Å². The second kappa shape index (κ2) is 4.36. The Hall–Kier alpha value is -1.78. The number of halogens is 3. The quantitative estimate of drug-likeness (QED) is 0.737. The maximum atomic E-state index is 13.7. The Morgan fingerprint density at radius 3 is 2.71 bits per heavy atom. The molecule has 0 radical (unpaired) electrons. The molecule has 0 unspecified atom stereocenters. The molecule has 0 heterocycles. The first-order valence-electron chi connectivity index (χ1n) is 6.77. The molecule has 1 aromatic carbocycles. The summed E-state index contributed by atoms with van der Waals surface area (Å²) in [5.74, 6) is -0.704. The Morgan fingerprint density at radius 2 is 2.10 bits per heavy atom. The van der Waals surface area contributed by atoms with E-state index in [1.54, 1.807) is 18.2 Å². The smallest absolute Gasteiger partial charge is 0.399 e. The lowest BCUT2D eigenvalue weighted by molar-refractivity contribution is -0.217.